The molecule has 2 amide bonds. The maximum Gasteiger partial charge on any atom is 0.296 e. The van der Waals surface area contributed by atoms with Crippen molar-refractivity contribution in [3.63, 3.8) is 0 Å². The van der Waals surface area contributed by atoms with E-state index in [0.717, 1.165) is 6.42 Å². The maximum absolute atomic E-state index is 14.1. The molecule has 3 fully saturated rings. The number of aromatic nitrogens is 4. The van der Waals surface area contributed by atoms with E-state index in [4.69, 9.17) is 9.72 Å². The highest BCUT2D eigenvalue weighted by atomic mass is 19.3. The van der Waals surface area contributed by atoms with Gasteiger partial charge in [0.2, 0.25) is 17.8 Å². The molecule has 13 heteroatoms. The summed E-state index contributed by atoms with van der Waals surface area (Å²) in [5, 5.41) is 6.11. The second-order valence-electron chi connectivity index (χ2n) is 10.1. The number of hydrogen-bond acceptors (Lipinski definition) is 8. The van der Waals surface area contributed by atoms with Crippen molar-refractivity contribution in [2.75, 3.05) is 56.2 Å². The van der Waals surface area contributed by atoms with Crippen LogP contribution in [0.25, 0.3) is 16.9 Å². The van der Waals surface area contributed by atoms with Crippen molar-refractivity contribution in [3.05, 3.63) is 36.2 Å². The van der Waals surface area contributed by atoms with Crippen LogP contribution in [0.2, 0.25) is 0 Å². The van der Waals surface area contributed by atoms with Gasteiger partial charge in [0, 0.05) is 45.2 Å². The number of ether oxygens (including phenoxy) is 1. The summed E-state index contributed by atoms with van der Waals surface area (Å²) in [6, 6.07) is 8.22. The first-order chi connectivity index (χ1) is 19.0. The number of fused-ring (bicyclic) bond motifs is 1. The summed E-state index contributed by atoms with van der Waals surface area (Å²) >= 11 is 0. The van der Waals surface area contributed by atoms with Crippen LogP contribution in [0.3, 0.4) is 0 Å². The number of alkyl halides is 2. The summed E-state index contributed by atoms with van der Waals surface area (Å²) in [6.45, 7) is 3.99. The highest BCUT2D eigenvalue weighted by molar-refractivity contribution is 5.91. The molecule has 3 saturated heterocycles. The lowest BCUT2D eigenvalue weighted by Crippen LogP contribution is -2.43. The van der Waals surface area contributed by atoms with E-state index in [9.17, 15) is 18.4 Å². The molecule has 0 saturated carbocycles. The molecule has 3 aromatic rings. The number of imidazole rings is 1. The van der Waals surface area contributed by atoms with E-state index in [2.05, 4.69) is 20.6 Å². The van der Waals surface area contributed by atoms with Crippen molar-refractivity contribution in [1.29, 1.82) is 0 Å². The minimum absolute atomic E-state index is 0.0335. The van der Waals surface area contributed by atoms with Gasteiger partial charge in [0.15, 0.2) is 5.82 Å². The molecule has 0 unspecified atom stereocenters. The zero-order chi connectivity index (χ0) is 26.9. The Kier molecular flexibility index (Phi) is 6.98. The highest BCUT2D eigenvalue weighted by Gasteiger charge is 2.34. The molecular formula is C26H30F2N8O3. The lowest BCUT2D eigenvalue weighted by atomic mass is 10.1. The first-order valence-corrected chi connectivity index (χ1v) is 13.3. The first kappa shape index (κ1) is 25.4. The summed E-state index contributed by atoms with van der Waals surface area (Å²) in [6.07, 6.45) is -1.05. The largest absolute Gasteiger partial charge is 0.378 e. The quantitative estimate of drug-likeness (QED) is 0.468. The van der Waals surface area contributed by atoms with Gasteiger partial charge < -0.3 is 25.2 Å². The fourth-order valence-corrected chi connectivity index (χ4v) is 5.43. The second kappa shape index (κ2) is 10.7. The Labute approximate surface area is 223 Å². The molecule has 0 spiro atoms. The predicted molar refractivity (Wildman–Crippen MR) is 139 cm³/mol. The number of anilines is 2. The van der Waals surface area contributed by atoms with Crippen LogP contribution in [0, 0.1) is 5.92 Å². The SMILES string of the molecule is O=C1CC[C@H](C(=O)N2CC[C@H](CNc3cc(-n4c(C(F)F)nc5ccccc54)nc(N4CCOCC4)n3)C2)N1. The third-order valence-electron chi connectivity index (χ3n) is 7.47. The van der Waals surface area contributed by atoms with E-state index in [-0.39, 0.29) is 23.6 Å². The third-order valence-corrected chi connectivity index (χ3v) is 7.47. The number of likely N-dealkylation sites (tertiary alicyclic amines) is 1. The van der Waals surface area contributed by atoms with Gasteiger partial charge in [-0.3, -0.25) is 14.2 Å². The molecule has 2 aromatic heterocycles. The van der Waals surface area contributed by atoms with Crippen LogP contribution in [-0.4, -0.2) is 88.2 Å². The molecule has 6 rings (SSSR count). The smallest absolute Gasteiger partial charge is 0.296 e. The van der Waals surface area contributed by atoms with Crippen LogP contribution in [0.1, 0.15) is 31.5 Å². The topological polar surface area (TPSA) is 118 Å². The molecule has 3 aliphatic rings. The lowest BCUT2D eigenvalue weighted by Gasteiger charge is -2.27. The minimum Gasteiger partial charge on any atom is -0.378 e. The molecule has 5 heterocycles. The molecule has 2 N–H and O–H groups in total. The number of nitrogens with zero attached hydrogens (tertiary/aromatic N) is 6. The van der Waals surface area contributed by atoms with Gasteiger partial charge in [0.05, 0.1) is 24.2 Å². The zero-order valence-electron chi connectivity index (χ0n) is 21.4. The van der Waals surface area contributed by atoms with E-state index in [0.29, 0.717) is 87.4 Å². The molecule has 0 aliphatic carbocycles. The monoisotopic (exact) mass is 540 g/mol. The molecule has 39 heavy (non-hydrogen) atoms. The number of benzene rings is 1. The second-order valence-corrected chi connectivity index (χ2v) is 10.1. The molecular weight excluding hydrogens is 510 g/mol. The fourth-order valence-electron chi connectivity index (χ4n) is 5.43. The molecule has 1 aromatic carbocycles. The van der Waals surface area contributed by atoms with E-state index >= 15 is 0 Å². The number of hydrogen-bond donors (Lipinski definition) is 2. The molecule has 11 nitrogen and oxygen atoms in total. The number of amides is 2. The Morgan fingerprint density at radius 1 is 1.13 bits per heavy atom. The maximum atomic E-state index is 14.1. The van der Waals surface area contributed by atoms with Crippen LogP contribution in [0.15, 0.2) is 30.3 Å². The Hall–Kier alpha value is -3.87. The van der Waals surface area contributed by atoms with Crippen molar-refractivity contribution in [2.45, 2.75) is 31.7 Å². The number of para-hydroxylation sites is 2. The Morgan fingerprint density at radius 2 is 1.95 bits per heavy atom. The van der Waals surface area contributed by atoms with Gasteiger partial charge in [0.1, 0.15) is 17.7 Å². The predicted octanol–water partition coefficient (Wildman–Crippen LogP) is 2.13. The molecule has 0 radical (unpaired) electrons. The van der Waals surface area contributed by atoms with E-state index in [1.54, 1.807) is 35.2 Å². The van der Waals surface area contributed by atoms with Crippen LogP contribution >= 0.6 is 0 Å². The third kappa shape index (κ3) is 5.22. The number of morpholine rings is 1. The zero-order valence-corrected chi connectivity index (χ0v) is 21.4. The highest BCUT2D eigenvalue weighted by Crippen LogP contribution is 2.29. The van der Waals surface area contributed by atoms with Gasteiger partial charge >= 0.3 is 0 Å². The van der Waals surface area contributed by atoms with Gasteiger partial charge in [-0.25, -0.2) is 13.8 Å². The molecule has 2 atom stereocenters. The van der Waals surface area contributed by atoms with Crippen LogP contribution in [0.5, 0.6) is 0 Å². The first-order valence-electron chi connectivity index (χ1n) is 13.3. The normalized spacial score (nSPS) is 21.7. The van der Waals surface area contributed by atoms with E-state index in [1.807, 2.05) is 4.90 Å². The average Bonchev–Trinajstić information content (AvgIpc) is 3.70. The standard InChI is InChI=1S/C26H30F2N8O3/c27-23(28)24-31-17-3-1-2-4-19(17)36(24)21-13-20(32-26(33-21)34-9-11-39-12-10-34)29-14-16-7-8-35(15-16)25(38)18-5-6-22(37)30-18/h1-4,13,16,18,23H,5-12,14-15H2,(H,30,37)(H,29,32,33)/t16-,18-/m1/s1. The molecule has 0 bridgehead atoms. The van der Waals surface area contributed by atoms with Gasteiger partial charge in [-0.05, 0) is 30.9 Å². The van der Waals surface area contributed by atoms with Crippen molar-refractivity contribution < 1.29 is 23.1 Å². The van der Waals surface area contributed by atoms with Crippen LogP contribution in [0.4, 0.5) is 20.5 Å². The van der Waals surface area contributed by atoms with Crippen molar-refractivity contribution in [3.8, 4) is 5.82 Å². The van der Waals surface area contributed by atoms with Crippen molar-refractivity contribution in [1.82, 2.24) is 29.7 Å². The number of nitrogens with one attached hydrogen (secondary N) is 2. The van der Waals surface area contributed by atoms with Gasteiger partial charge in [-0.2, -0.15) is 9.97 Å². The van der Waals surface area contributed by atoms with Crippen LogP contribution < -0.4 is 15.5 Å². The van der Waals surface area contributed by atoms with Crippen molar-refractivity contribution >= 4 is 34.6 Å². The average molecular weight is 541 g/mol. The summed E-state index contributed by atoms with van der Waals surface area (Å²) in [4.78, 5) is 41.6. The minimum atomic E-state index is -2.79. The Balaban J connectivity index is 1.25. The van der Waals surface area contributed by atoms with E-state index < -0.39 is 12.5 Å². The Bertz CT molecular complexity index is 1380. The number of rotatable bonds is 7. The molecule has 206 valence electrons. The fraction of sp³-hybridized carbons (Fsp3) is 0.500. The lowest BCUT2D eigenvalue weighted by molar-refractivity contribution is -0.133. The van der Waals surface area contributed by atoms with Gasteiger partial charge in [0.25, 0.3) is 6.43 Å². The summed E-state index contributed by atoms with van der Waals surface area (Å²) < 4.78 is 35.0. The Morgan fingerprint density at radius 3 is 2.72 bits per heavy atom. The van der Waals surface area contributed by atoms with Crippen LogP contribution in [-0.2, 0) is 14.3 Å². The van der Waals surface area contributed by atoms with Crippen molar-refractivity contribution in [2.24, 2.45) is 5.92 Å². The van der Waals surface area contributed by atoms with Gasteiger partial charge in [-0.1, -0.05) is 12.1 Å². The summed E-state index contributed by atoms with van der Waals surface area (Å²) in [5.41, 5.74) is 0.998. The summed E-state index contributed by atoms with van der Waals surface area (Å²) in [7, 11) is 0. The summed E-state index contributed by atoms with van der Waals surface area (Å²) in [5.74, 6) is 0.928. The number of carbonyl (C=O) groups excluding carboxylic acids is 2. The number of halogens is 2. The molecule has 3 aliphatic heterocycles. The van der Waals surface area contributed by atoms with Gasteiger partial charge in [-0.15, -0.1) is 0 Å². The number of carbonyl (C=O) groups is 2. The van der Waals surface area contributed by atoms with E-state index in [1.165, 1.54) is 4.57 Å².